The molecule has 1 unspecified atom stereocenters. The van der Waals surface area contributed by atoms with Gasteiger partial charge in [0.1, 0.15) is 6.04 Å². The molecule has 0 aromatic rings. The summed E-state index contributed by atoms with van der Waals surface area (Å²) in [5.41, 5.74) is 0. The van der Waals surface area contributed by atoms with Crippen LogP contribution in [-0.2, 0) is 19.2 Å². The third-order valence-corrected chi connectivity index (χ3v) is 3.73. The van der Waals surface area contributed by atoms with E-state index in [0.29, 0.717) is 19.5 Å². The lowest BCUT2D eigenvalue weighted by Crippen LogP contribution is -2.47. The summed E-state index contributed by atoms with van der Waals surface area (Å²) in [4.78, 5) is 48.0. The zero-order valence-electron chi connectivity index (χ0n) is 13.8. The van der Waals surface area contributed by atoms with Gasteiger partial charge in [-0.1, -0.05) is 13.8 Å². The van der Waals surface area contributed by atoms with Crippen molar-refractivity contribution < 1.29 is 24.3 Å². The molecule has 0 aromatic heterocycles. The van der Waals surface area contributed by atoms with Crippen LogP contribution in [0.5, 0.6) is 0 Å². The summed E-state index contributed by atoms with van der Waals surface area (Å²) in [6.07, 6.45) is 0.462. The van der Waals surface area contributed by atoms with Gasteiger partial charge in [0.2, 0.25) is 17.7 Å². The lowest BCUT2D eigenvalue weighted by Gasteiger charge is -2.17. The van der Waals surface area contributed by atoms with Gasteiger partial charge in [-0.05, 0) is 19.3 Å². The molecule has 1 aliphatic heterocycles. The normalized spacial score (nSPS) is 18.9. The fourth-order valence-corrected chi connectivity index (χ4v) is 2.50. The minimum absolute atomic E-state index is 0.0695. The average molecular weight is 327 g/mol. The first-order chi connectivity index (χ1) is 10.7. The van der Waals surface area contributed by atoms with E-state index in [4.69, 9.17) is 5.11 Å². The van der Waals surface area contributed by atoms with Gasteiger partial charge in [-0.25, -0.2) is 4.79 Å². The largest absolute Gasteiger partial charge is 0.480 e. The quantitative estimate of drug-likeness (QED) is 0.560. The van der Waals surface area contributed by atoms with Gasteiger partial charge in [-0.15, -0.1) is 0 Å². The first-order valence-electron chi connectivity index (χ1n) is 7.82. The number of rotatable bonds is 8. The van der Waals surface area contributed by atoms with Gasteiger partial charge >= 0.3 is 5.97 Å². The topological polar surface area (TPSA) is 116 Å². The molecule has 0 aliphatic carbocycles. The molecule has 1 heterocycles. The molecule has 130 valence electrons. The second-order valence-corrected chi connectivity index (χ2v) is 6.14. The number of aliphatic carboxylic acids is 1. The van der Waals surface area contributed by atoms with Gasteiger partial charge in [-0.2, -0.15) is 0 Å². The number of carbonyl (C=O) groups is 4. The average Bonchev–Trinajstić information content (AvgIpc) is 2.84. The van der Waals surface area contributed by atoms with E-state index in [1.807, 2.05) is 20.8 Å². The molecule has 1 aliphatic rings. The summed E-state index contributed by atoms with van der Waals surface area (Å²) in [6, 6.07) is -0.969. The number of likely N-dealkylation sites (tertiary alicyclic amines) is 1. The Hall–Kier alpha value is -2.12. The van der Waals surface area contributed by atoms with Crippen LogP contribution in [0.4, 0.5) is 0 Å². The maximum Gasteiger partial charge on any atom is 0.326 e. The second-order valence-electron chi connectivity index (χ2n) is 6.14. The van der Waals surface area contributed by atoms with Gasteiger partial charge < -0.3 is 20.6 Å². The molecular formula is C15H25N3O5. The molecule has 3 N–H and O–H groups in total. The van der Waals surface area contributed by atoms with Crippen LogP contribution in [-0.4, -0.2) is 59.4 Å². The highest BCUT2D eigenvalue weighted by molar-refractivity contribution is 5.92. The van der Waals surface area contributed by atoms with Gasteiger partial charge in [0.15, 0.2) is 0 Å². The summed E-state index contributed by atoms with van der Waals surface area (Å²) < 4.78 is 0. The van der Waals surface area contributed by atoms with Crippen LogP contribution in [0.2, 0.25) is 0 Å². The van der Waals surface area contributed by atoms with E-state index in [1.54, 1.807) is 4.90 Å². The third-order valence-electron chi connectivity index (χ3n) is 3.73. The third kappa shape index (κ3) is 5.88. The van der Waals surface area contributed by atoms with Gasteiger partial charge in [0, 0.05) is 19.5 Å². The fourth-order valence-electron chi connectivity index (χ4n) is 2.50. The molecule has 1 rings (SSSR count). The van der Waals surface area contributed by atoms with E-state index >= 15 is 0 Å². The maximum absolute atomic E-state index is 12.0. The van der Waals surface area contributed by atoms with Crippen LogP contribution >= 0.6 is 0 Å². The SMILES string of the molecule is CCN1CC(C(=O)NCC(=O)N[C@@H](CC(C)C)C(=O)O)CC1=O. The van der Waals surface area contributed by atoms with Crippen molar-refractivity contribution in [2.75, 3.05) is 19.6 Å². The molecule has 0 aromatic carbocycles. The molecule has 3 amide bonds. The molecule has 8 nitrogen and oxygen atoms in total. The number of carboxylic acid groups (broad SMARTS) is 1. The number of nitrogens with one attached hydrogen (secondary N) is 2. The number of amides is 3. The van der Waals surface area contributed by atoms with Crippen LogP contribution in [0.3, 0.4) is 0 Å². The molecule has 23 heavy (non-hydrogen) atoms. The predicted molar refractivity (Wildman–Crippen MR) is 82.4 cm³/mol. The lowest BCUT2D eigenvalue weighted by molar-refractivity contribution is -0.142. The monoisotopic (exact) mass is 327 g/mol. The summed E-state index contributed by atoms with van der Waals surface area (Å²) in [5, 5.41) is 13.9. The number of hydrogen-bond donors (Lipinski definition) is 3. The summed E-state index contributed by atoms with van der Waals surface area (Å²) in [6.45, 7) is 6.18. The van der Waals surface area contributed by atoms with Crippen molar-refractivity contribution in [1.82, 2.24) is 15.5 Å². The number of carboxylic acids is 1. The van der Waals surface area contributed by atoms with E-state index in [2.05, 4.69) is 10.6 Å². The van der Waals surface area contributed by atoms with Crippen molar-refractivity contribution in [3.8, 4) is 0 Å². The van der Waals surface area contributed by atoms with E-state index in [1.165, 1.54) is 0 Å². The fraction of sp³-hybridized carbons (Fsp3) is 0.733. The standard InChI is InChI=1S/C15H25N3O5/c1-4-18-8-10(6-13(18)20)14(21)16-7-12(19)17-11(15(22)23)5-9(2)3/h9-11H,4-8H2,1-3H3,(H,16,21)(H,17,19)(H,22,23)/t10?,11-/m0/s1. The molecule has 0 spiro atoms. The molecule has 2 atom stereocenters. The molecule has 8 heteroatoms. The van der Waals surface area contributed by atoms with Gasteiger partial charge in [-0.3, -0.25) is 14.4 Å². The smallest absolute Gasteiger partial charge is 0.326 e. The number of carbonyl (C=O) groups excluding carboxylic acids is 3. The molecule has 1 fully saturated rings. The van der Waals surface area contributed by atoms with E-state index in [9.17, 15) is 19.2 Å². The summed E-state index contributed by atoms with van der Waals surface area (Å²) in [5.74, 6) is -2.42. The Morgan fingerprint density at radius 1 is 1.35 bits per heavy atom. The Morgan fingerprint density at radius 3 is 2.48 bits per heavy atom. The molecular weight excluding hydrogens is 302 g/mol. The number of nitrogens with zero attached hydrogens (tertiary/aromatic N) is 1. The Kier molecular flexibility index (Phi) is 6.99. The summed E-state index contributed by atoms with van der Waals surface area (Å²) >= 11 is 0. The molecule has 0 radical (unpaired) electrons. The first kappa shape index (κ1) is 18.9. The predicted octanol–water partition coefficient (Wildman–Crippen LogP) is -0.413. The first-order valence-corrected chi connectivity index (χ1v) is 7.82. The van der Waals surface area contributed by atoms with Crippen LogP contribution < -0.4 is 10.6 Å². The van der Waals surface area contributed by atoms with Gasteiger partial charge in [0.25, 0.3) is 0 Å². The summed E-state index contributed by atoms with van der Waals surface area (Å²) in [7, 11) is 0. The van der Waals surface area contributed by atoms with Crippen LogP contribution in [0.15, 0.2) is 0 Å². The van der Waals surface area contributed by atoms with Crippen molar-refractivity contribution in [2.24, 2.45) is 11.8 Å². The minimum atomic E-state index is -1.10. The Labute approximate surface area is 135 Å². The molecule has 0 bridgehead atoms. The van der Waals surface area contributed by atoms with Crippen LogP contribution in [0.1, 0.15) is 33.6 Å². The Balaban J connectivity index is 2.42. The van der Waals surface area contributed by atoms with Crippen molar-refractivity contribution in [3.63, 3.8) is 0 Å². The van der Waals surface area contributed by atoms with Crippen molar-refractivity contribution in [2.45, 2.75) is 39.7 Å². The second kappa shape index (κ2) is 8.50. The highest BCUT2D eigenvalue weighted by Gasteiger charge is 2.33. The lowest BCUT2D eigenvalue weighted by atomic mass is 10.0. The highest BCUT2D eigenvalue weighted by Crippen LogP contribution is 2.17. The zero-order chi connectivity index (χ0) is 17.6. The molecule has 1 saturated heterocycles. The highest BCUT2D eigenvalue weighted by atomic mass is 16.4. The van der Waals surface area contributed by atoms with Crippen molar-refractivity contribution >= 4 is 23.7 Å². The van der Waals surface area contributed by atoms with Crippen molar-refractivity contribution in [3.05, 3.63) is 0 Å². The Bertz CT molecular complexity index is 478. The minimum Gasteiger partial charge on any atom is -0.480 e. The zero-order valence-corrected chi connectivity index (χ0v) is 13.8. The van der Waals surface area contributed by atoms with E-state index in [-0.39, 0.29) is 30.7 Å². The molecule has 0 saturated carbocycles. The van der Waals surface area contributed by atoms with Crippen molar-refractivity contribution in [1.29, 1.82) is 0 Å². The van der Waals surface area contributed by atoms with Gasteiger partial charge in [0.05, 0.1) is 12.5 Å². The van der Waals surface area contributed by atoms with E-state index in [0.717, 1.165) is 0 Å². The van der Waals surface area contributed by atoms with E-state index < -0.39 is 23.8 Å². The maximum atomic E-state index is 12.0. The Morgan fingerprint density at radius 2 is 2.00 bits per heavy atom. The number of hydrogen-bond acceptors (Lipinski definition) is 4. The van der Waals surface area contributed by atoms with Crippen LogP contribution in [0.25, 0.3) is 0 Å². The van der Waals surface area contributed by atoms with Crippen LogP contribution in [0, 0.1) is 11.8 Å².